The van der Waals surface area contributed by atoms with Crippen LogP contribution in [0.5, 0.6) is 5.75 Å². The van der Waals surface area contributed by atoms with Crippen molar-refractivity contribution >= 4 is 0 Å². The van der Waals surface area contributed by atoms with E-state index in [1.54, 1.807) is 7.11 Å². The quantitative estimate of drug-likeness (QED) is 0.860. The van der Waals surface area contributed by atoms with E-state index in [9.17, 15) is 5.11 Å². The molecule has 1 atom stereocenters. The van der Waals surface area contributed by atoms with E-state index in [1.165, 1.54) is 0 Å². The minimum Gasteiger partial charge on any atom is -0.497 e. The van der Waals surface area contributed by atoms with E-state index in [2.05, 4.69) is 32.3 Å². The van der Waals surface area contributed by atoms with Gasteiger partial charge in [0.05, 0.1) is 24.9 Å². The lowest BCUT2D eigenvalue weighted by Gasteiger charge is -2.19. The maximum Gasteiger partial charge on any atom is 0.119 e. The summed E-state index contributed by atoms with van der Waals surface area (Å²) < 4.78 is 7.31. The molecule has 126 valence electrons. The second-order valence-corrected chi connectivity index (χ2v) is 6.81. The summed E-state index contributed by atoms with van der Waals surface area (Å²) in [5.41, 5.74) is 2.99. The summed E-state index contributed by atoms with van der Waals surface area (Å²) >= 11 is 0. The van der Waals surface area contributed by atoms with Crippen molar-refractivity contribution < 1.29 is 9.84 Å². The number of nitrogens with zero attached hydrogens (tertiary/aromatic N) is 2. The Hall–Kier alpha value is -1.85. The second-order valence-electron chi connectivity index (χ2n) is 6.81. The smallest absolute Gasteiger partial charge is 0.119 e. The molecule has 0 spiro atoms. The van der Waals surface area contributed by atoms with Gasteiger partial charge in [-0.05, 0) is 39.8 Å². The Balaban J connectivity index is 2.40. The number of ether oxygens (including phenoxy) is 1. The Morgan fingerprint density at radius 1 is 1.35 bits per heavy atom. The van der Waals surface area contributed by atoms with Gasteiger partial charge in [-0.1, -0.05) is 12.1 Å². The molecule has 0 radical (unpaired) electrons. The Morgan fingerprint density at radius 3 is 2.70 bits per heavy atom. The highest BCUT2D eigenvalue weighted by atomic mass is 16.5. The molecule has 2 aromatic rings. The molecule has 0 fully saturated rings. The maximum atomic E-state index is 9.20. The molecule has 1 aromatic heterocycles. The number of aliphatic hydroxyl groups excluding tert-OH is 1. The number of nitrogens with one attached hydrogen (secondary N) is 1. The van der Waals surface area contributed by atoms with Crippen LogP contribution in [0.2, 0.25) is 0 Å². The third-order valence-corrected chi connectivity index (χ3v) is 3.74. The van der Waals surface area contributed by atoms with Crippen LogP contribution in [-0.2, 0) is 12.1 Å². The number of rotatable bonds is 6. The molecule has 5 heteroatoms. The second kappa shape index (κ2) is 7.15. The molecule has 0 unspecified atom stereocenters. The summed E-state index contributed by atoms with van der Waals surface area (Å²) in [5, 5.41) is 17.3. The molecule has 0 bridgehead atoms. The van der Waals surface area contributed by atoms with Crippen LogP contribution in [0.4, 0.5) is 0 Å². The van der Waals surface area contributed by atoms with Gasteiger partial charge < -0.3 is 15.2 Å². The number of aromatic nitrogens is 2. The third-order valence-electron chi connectivity index (χ3n) is 3.74. The third kappa shape index (κ3) is 4.33. The van der Waals surface area contributed by atoms with Gasteiger partial charge in [0.1, 0.15) is 5.75 Å². The van der Waals surface area contributed by atoms with Crippen molar-refractivity contribution in [2.75, 3.05) is 13.7 Å². The van der Waals surface area contributed by atoms with Crippen molar-refractivity contribution in [3.05, 3.63) is 36.0 Å². The highest BCUT2D eigenvalue weighted by molar-refractivity contribution is 5.64. The van der Waals surface area contributed by atoms with Gasteiger partial charge in [0.2, 0.25) is 0 Å². The van der Waals surface area contributed by atoms with Gasteiger partial charge in [0.15, 0.2) is 0 Å². The Bertz CT molecular complexity index is 644. The van der Waals surface area contributed by atoms with E-state index >= 15 is 0 Å². The number of aliphatic hydroxyl groups is 1. The highest BCUT2D eigenvalue weighted by Gasteiger charge is 2.19. The van der Waals surface area contributed by atoms with Gasteiger partial charge in [-0.25, -0.2) is 0 Å². The zero-order valence-corrected chi connectivity index (χ0v) is 14.6. The van der Waals surface area contributed by atoms with Crippen LogP contribution in [0.3, 0.4) is 0 Å². The van der Waals surface area contributed by atoms with Gasteiger partial charge in [0.25, 0.3) is 0 Å². The van der Waals surface area contributed by atoms with Crippen LogP contribution in [0, 0.1) is 0 Å². The Morgan fingerprint density at radius 2 is 2.09 bits per heavy atom. The highest BCUT2D eigenvalue weighted by Crippen LogP contribution is 2.28. The SMILES string of the molecule is COc1cccc(-c2nn(C(C)(C)C)cc2CN[C@H](C)CO)c1. The fourth-order valence-corrected chi connectivity index (χ4v) is 2.24. The standard InChI is InChI=1S/C18H27N3O2/c1-13(12-22)19-10-15-11-21(18(2,3)4)20-17(15)14-7-6-8-16(9-14)23-5/h6-9,11,13,19,22H,10,12H2,1-5H3/t13-/m1/s1. The van der Waals surface area contributed by atoms with Crippen LogP contribution in [0.1, 0.15) is 33.3 Å². The van der Waals surface area contributed by atoms with Crippen molar-refractivity contribution in [1.29, 1.82) is 0 Å². The first-order chi connectivity index (χ1) is 10.8. The van der Waals surface area contributed by atoms with Crippen LogP contribution < -0.4 is 10.1 Å². The fourth-order valence-electron chi connectivity index (χ4n) is 2.24. The minimum absolute atomic E-state index is 0.0474. The maximum absolute atomic E-state index is 9.20. The lowest BCUT2D eigenvalue weighted by atomic mass is 10.1. The molecular formula is C18H27N3O2. The predicted octanol–water partition coefficient (Wildman–Crippen LogP) is 2.78. The first-order valence-electron chi connectivity index (χ1n) is 7.93. The van der Waals surface area contributed by atoms with Gasteiger partial charge in [-0.3, -0.25) is 4.68 Å². The molecule has 0 saturated carbocycles. The van der Waals surface area contributed by atoms with Crippen LogP contribution >= 0.6 is 0 Å². The van der Waals surface area contributed by atoms with Crippen molar-refractivity contribution in [3.63, 3.8) is 0 Å². The average Bonchev–Trinajstić information content (AvgIpc) is 2.97. The summed E-state index contributed by atoms with van der Waals surface area (Å²) in [4.78, 5) is 0. The molecule has 0 saturated heterocycles. The molecule has 5 nitrogen and oxygen atoms in total. The van der Waals surface area contributed by atoms with Gasteiger partial charge in [-0.2, -0.15) is 5.10 Å². The zero-order valence-electron chi connectivity index (χ0n) is 14.6. The first-order valence-corrected chi connectivity index (χ1v) is 7.93. The zero-order chi connectivity index (χ0) is 17.0. The topological polar surface area (TPSA) is 59.3 Å². The van der Waals surface area contributed by atoms with Crippen LogP contribution in [0.15, 0.2) is 30.5 Å². The summed E-state index contributed by atoms with van der Waals surface area (Å²) in [7, 11) is 1.66. The van der Waals surface area contributed by atoms with E-state index in [1.807, 2.05) is 35.9 Å². The fraction of sp³-hybridized carbons (Fsp3) is 0.500. The lowest BCUT2D eigenvalue weighted by molar-refractivity contribution is 0.251. The summed E-state index contributed by atoms with van der Waals surface area (Å²) in [6, 6.07) is 7.98. The van der Waals surface area contributed by atoms with E-state index < -0.39 is 0 Å². The van der Waals surface area contributed by atoms with Crippen LogP contribution in [0.25, 0.3) is 11.3 Å². The van der Waals surface area contributed by atoms with E-state index in [4.69, 9.17) is 9.84 Å². The van der Waals surface area contributed by atoms with Gasteiger partial charge in [0, 0.05) is 29.9 Å². The van der Waals surface area contributed by atoms with Crippen LogP contribution in [-0.4, -0.2) is 34.6 Å². The van der Waals surface area contributed by atoms with Gasteiger partial charge >= 0.3 is 0 Å². The Kier molecular flexibility index (Phi) is 5.44. The summed E-state index contributed by atoms with van der Waals surface area (Å²) in [6.07, 6.45) is 2.08. The first kappa shape index (κ1) is 17.5. The normalized spacial score (nSPS) is 13.1. The monoisotopic (exact) mass is 317 g/mol. The minimum atomic E-state index is -0.0888. The predicted molar refractivity (Wildman–Crippen MR) is 92.6 cm³/mol. The largest absolute Gasteiger partial charge is 0.497 e. The molecule has 0 amide bonds. The number of benzene rings is 1. The average molecular weight is 317 g/mol. The van der Waals surface area contributed by atoms with Crippen molar-refractivity contribution in [1.82, 2.24) is 15.1 Å². The molecule has 23 heavy (non-hydrogen) atoms. The molecule has 1 aromatic carbocycles. The molecule has 0 aliphatic heterocycles. The number of methoxy groups -OCH3 is 1. The lowest BCUT2D eigenvalue weighted by Crippen LogP contribution is -2.28. The van der Waals surface area contributed by atoms with Crippen molar-refractivity contribution in [3.8, 4) is 17.0 Å². The molecule has 1 heterocycles. The van der Waals surface area contributed by atoms with E-state index in [0.717, 1.165) is 22.6 Å². The number of hydrogen-bond donors (Lipinski definition) is 2. The van der Waals surface area contributed by atoms with Gasteiger partial charge in [-0.15, -0.1) is 0 Å². The molecule has 0 aliphatic carbocycles. The Labute approximate surface area is 138 Å². The molecule has 2 rings (SSSR count). The molecule has 2 N–H and O–H groups in total. The van der Waals surface area contributed by atoms with E-state index in [-0.39, 0.29) is 18.2 Å². The summed E-state index contributed by atoms with van der Waals surface area (Å²) in [5.74, 6) is 0.815. The molecule has 0 aliphatic rings. The van der Waals surface area contributed by atoms with E-state index in [0.29, 0.717) is 6.54 Å². The number of hydrogen-bond acceptors (Lipinski definition) is 4. The van der Waals surface area contributed by atoms with Crippen molar-refractivity contribution in [2.45, 2.75) is 45.8 Å². The molecular weight excluding hydrogens is 290 g/mol. The summed E-state index contributed by atoms with van der Waals surface area (Å²) in [6.45, 7) is 9.11. The van der Waals surface area contributed by atoms with Crippen molar-refractivity contribution in [2.24, 2.45) is 0 Å².